The highest BCUT2D eigenvalue weighted by molar-refractivity contribution is 5.85. The molecule has 0 bridgehead atoms. The first kappa shape index (κ1) is 14.3. The monoisotopic (exact) mass is 279 g/mol. The van der Waals surface area contributed by atoms with Crippen LogP contribution in [0.3, 0.4) is 0 Å². The van der Waals surface area contributed by atoms with E-state index in [0.717, 1.165) is 31.7 Å². The van der Waals surface area contributed by atoms with E-state index in [0.29, 0.717) is 12.1 Å². The zero-order chi connectivity index (χ0) is 14.2. The minimum atomic E-state index is -0.418. The first-order chi connectivity index (χ1) is 9.63. The minimum Gasteiger partial charge on any atom is -0.368 e. The lowest BCUT2D eigenvalue weighted by atomic mass is 9.84. The van der Waals surface area contributed by atoms with Gasteiger partial charge in [0.25, 0.3) is 0 Å². The molecule has 0 aliphatic heterocycles. The van der Waals surface area contributed by atoms with E-state index in [4.69, 9.17) is 5.73 Å². The zero-order valence-electron chi connectivity index (χ0n) is 12.7. The highest BCUT2D eigenvalue weighted by Gasteiger charge is 2.48. The molecule has 4 heteroatoms. The van der Waals surface area contributed by atoms with Crippen molar-refractivity contribution in [3.05, 3.63) is 0 Å². The molecule has 20 heavy (non-hydrogen) atoms. The zero-order valence-corrected chi connectivity index (χ0v) is 12.7. The smallest absolute Gasteiger partial charge is 0.237 e. The molecule has 0 aromatic heterocycles. The van der Waals surface area contributed by atoms with Crippen LogP contribution in [0.5, 0.6) is 0 Å². The van der Waals surface area contributed by atoms with Gasteiger partial charge in [0.1, 0.15) is 0 Å². The summed E-state index contributed by atoms with van der Waals surface area (Å²) in [5.74, 6) is 0.765. The molecule has 4 nitrogen and oxygen atoms in total. The van der Waals surface area contributed by atoms with Crippen LogP contribution < -0.4 is 11.1 Å². The van der Waals surface area contributed by atoms with Gasteiger partial charge in [-0.25, -0.2) is 0 Å². The van der Waals surface area contributed by atoms with Gasteiger partial charge in [-0.2, -0.15) is 0 Å². The standard InChI is InChI=1S/C16H29N3O/c1-2-19(11-12-4-3-5-12)14-8-9-16(10-14,15(17)20)18-13-6-7-13/h12-14,18H,2-11H2,1H3,(H2,17,20). The van der Waals surface area contributed by atoms with E-state index in [1.54, 1.807) is 0 Å². The number of carbonyl (C=O) groups is 1. The number of nitrogens with two attached hydrogens (primary N) is 1. The lowest BCUT2D eigenvalue weighted by Gasteiger charge is -2.36. The van der Waals surface area contributed by atoms with Crippen LogP contribution in [0.2, 0.25) is 0 Å². The number of rotatable bonds is 7. The van der Waals surface area contributed by atoms with Crippen LogP contribution >= 0.6 is 0 Å². The Balaban J connectivity index is 1.61. The summed E-state index contributed by atoms with van der Waals surface area (Å²) >= 11 is 0. The molecular weight excluding hydrogens is 250 g/mol. The number of nitrogens with zero attached hydrogens (tertiary/aromatic N) is 1. The van der Waals surface area contributed by atoms with Gasteiger partial charge in [-0.05, 0) is 57.4 Å². The average Bonchev–Trinajstić information content (AvgIpc) is 3.06. The third-order valence-electron chi connectivity index (χ3n) is 5.66. The van der Waals surface area contributed by atoms with Gasteiger partial charge in [0.15, 0.2) is 0 Å². The molecule has 3 saturated carbocycles. The first-order valence-corrected chi connectivity index (χ1v) is 8.44. The van der Waals surface area contributed by atoms with Crippen molar-refractivity contribution < 1.29 is 4.79 Å². The van der Waals surface area contributed by atoms with Gasteiger partial charge >= 0.3 is 0 Å². The molecule has 3 fully saturated rings. The molecule has 0 aromatic carbocycles. The molecule has 0 radical (unpaired) electrons. The third-order valence-corrected chi connectivity index (χ3v) is 5.66. The van der Waals surface area contributed by atoms with Crippen molar-refractivity contribution in [2.45, 2.75) is 75.9 Å². The molecule has 2 unspecified atom stereocenters. The molecule has 1 amide bonds. The van der Waals surface area contributed by atoms with Crippen molar-refractivity contribution in [2.75, 3.05) is 13.1 Å². The molecule has 114 valence electrons. The van der Waals surface area contributed by atoms with E-state index in [-0.39, 0.29) is 5.91 Å². The van der Waals surface area contributed by atoms with E-state index in [9.17, 15) is 4.79 Å². The first-order valence-electron chi connectivity index (χ1n) is 8.44. The Morgan fingerprint density at radius 3 is 2.55 bits per heavy atom. The fraction of sp³-hybridized carbons (Fsp3) is 0.938. The van der Waals surface area contributed by atoms with Gasteiger partial charge in [0.2, 0.25) is 5.91 Å². The van der Waals surface area contributed by atoms with Crippen LogP contribution in [0, 0.1) is 5.92 Å². The predicted molar refractivity (Wildman–Crippen MR) is 80.3 cm³/mol. The normalized spacial score (nSPS) is 34.4. The van der Waals surface area contributed by atoms with Crippen molar-refractivity contribution >= 4 is 5.91 Å². The fourth-order valence-corrected chi connectivity index (χ4v) is 3.92. The summed E-state index contributed by atoms with van der Waals surface area (Å²) in [4.78, 5) is 14.6. The van der Waals surface area contributed by atoms with Gasteiger partial charge in [-0.3, -0.25) is 4.79 Å². The second-order valence-corrected chi connectivity index (χ2v) is 7.15. The molecular formula is C16H29N3O. The van der Waals surface area contributed by atoms with Crippen molar-refractivity contribution in [3.63, 3.8) is 0 Å². The summed E-state index contributed by atoms with van der Waals surface area (Å²) in [6.45, 7) is 4.57. The minimum absolute atomic E-state index is 0.133. The molecule has 0 aromatic rings. The molecule has 2 atom stereocenters. The van der Waals surface area contributed by atoms with E-state index in [2.05, 4.69) is 17.1 Å². The van der Waals surface area contributed by atoms with Gasteiger partial charge < -0.3 is 16.0 Å². The Hall–Kier alpha value is -0.610. The summed E-state index contributed by atoms with van der Waals surface area (Å²) in [6.07, 6.45) is 9.56. The van der Waals surface area contributed by atoms with Crippen molar-refractivity contribution in [1.29, 1.82) is 0 Å². The van der Waals surface area contributed by atoms with Gasteiger partial charge in [-0.1, -0.05) is 13.3 Å². The predicted octanol–water partition coefficient (Wildman–Crippen LogP) is 1.64. The molecule has 0 heterocycles. The van der Waals surface area contributed by atoms with Crippen LogP contribution in [0.25, 0.3) is 0 Å². The summed E-state index contributed by atoms with van der Waals surface area (Å²) < 4.78 is 0. The maximum absolute atomic E-state index is 12.0. The van der Waals surface area contributed by atoms with Crippen LogP contribution in [-0.2, 0) is 4.79 Å². The molecule has 3 aliphatic carbocycles. The summed E-state index contributed by atoms with van der Waals surface area (Å²) in [6, 6.07) is 1.09. The lowest BCUT2D eigenvalue weighted by Crippen LogP contribution is -2.55. The topological polar surface area (TPSA) is 58.4 Å². The molecule has 0 saturated heterocycles. The number of amides is 1. The summed E-state index contributed by atoms with van der Waals surface area (Å²) in [5.41, 5.74) is 5.31. The highest BCUT2D eigenvalue weighted by Crippen LogP contribution is 2.37. The lowest BCUT2D eigenvalue weighted by molar-refractivity contribution is -0.124. The number of hydrogen-bond acceptors (Lipinski definition) is 3. The van der Waals surface area contributed by atoms with Gasteiger partial charge in [-0.15, -0.1) is 0 Å². The Morgan fingerprint density at radius 2 is 2.05 bits per heavy atom. The molecule has 3 aliphatic rings. The van der Waals surface area contributed by atoms with Crippen LogP contribution in [-0.4, -0.2) is 41.5 Å². The molecule has 3 N–H and O–H groups in total. The van der Waals surface area contributed by atoms with E-state index >= 15 is 0 Å². The molecule has 0 spiro atoms. The van der Waals surface area contributed by atoms with Crippen LogP contribution in [0.4, 0.5) is 0 Å². The Bertz CT molecular complexity index is 365. The maximum atomic E-state index is 12.0. The number of nitrogens with one attached hydrogen (secondary N) is 1. The van der Waals surface area contributed by atoms with E-state index in [1.165, 1.54) is 38.6 Å². The number of carbonyl (C=O) groups excluding carboxylic acids is 1. The second kappa shape index (κ2) is 5.64. The number of hydrogen-bond donors (Lipinski definition) is 2. The largest absolute Gasteiger partial charge is 0.368 e. The third kappa shape index (κ3) is 2.86. The summed E-state index contributed by atoms with van der Waals surface area (Å²) in [7, 11) is 0. The van der Waals surface area contributed by atoms with Crippen LogP contribution in [0.15, 0.2) is 0 Å². The Labute approximate surface area is 122 Å². The fourth-order valence-electron chi connectivity index (χ4n) is 3.92. The number of primary amides is 1. The van der Waals surface area contributed by atoms with E-state index < -0.39 is 5.54 Å². The maximum Gasteiger partial charge on any atom is 0.237 e. The summed E-state index contributed by atoms with van der Waals surface area (Å²) in [5, 5.41) is 3.55. The van der Waals surface area contributed by atoms with E-state index in [1.807, 2.05) is 0 Å². The Kier molecular flexibility index (Phi) is 4.04. The second-order valence-electron chi connectivity index (χ2n) is 7.15. The average molecular weight is 279 g/mol. The van der Waals surface area contributed by atoms with Gasteiger partial charge in [0.05, 0.1) is 5.54 Å². The van der Waals surface area contributed by atoms with Crippen molar-refractivity contribution in [1.82, 2.24) is 10.2 Å². The van der Waals surface area contributed by atoms with Crippen molar-refractivity contribution in [3.8, 4) is 0 Å². The van der Waals surface area contributed by atoms with Crippen LogP contribution in [0.1, 0.15) is 58.3 Å². The SMILES string of the molecule is CCN(CC1CCC1)C1CCC(NC2CC2)(C(N)=O)C1. The Morgan fingerprint density at radius 1 is 1.30 bits per heavy atom. The van der Waals surface area contributed by atoms with Gasteiger partial charge in [0, 0.05) is 18.6 Å². The van der Waals surface area contributed by atoms with Crippen molar-refractivity contribution in [2.24, 2.45) is 11.7 Å². The molecule has 3 rings (SSSR count). The quantitative estimate of drug-likeness (QED) is 0.745. The highest BCUT2D eigenvalue weighted by atomic mass is 16.1.